The molecule has 128 valence electrons. The van der Waals surface area contributed by atoms with Crippen molar-refractivity contribution < 1.29 is 4.74 Å². The van der Waals surface area contributed by atoms with Crippen LogP contribution in [-0.2, 0) is 6.54 Å². The number of piperazine rings is 1. The van der Waals surface area contributed by atoms with Crippen LogP contribution in [0.15, 0.2) is 36.5 Å². The molecule has 2 bridgehead atoms. The Kier molecular flexibility index (Phi) is 3.86. The Hall–Kier alpha value is -1.73. The normalized spacial score (nSPS) is 22.8. The van der Waals surface area contributed by atoms with E-state index >= 15 is 0 Å². The number of nitrogens with zero attached hydrogens (tertiary/aromatic N) is 3. The number of halogens is 1. The van der Waals surface area contributed by atoms with Crippen molar-refractivity contribution in [2.24, 2.45) is 0 Å². The minimum atomic E-state index is 0.584. The predicted octanol–water partition coefficient (Wildman–Crippen LogP) is 3.68. The molecule has 5 rings (SSSR count). The summed E-state index contributed by atoms with van der Waals surface area (Å²) in [5.74, 6) is 0.790. The summed E-state index contributed by atoms with van der Waals surface area (Å²) in [6, 6.07) is 11.5. The molecule has 1 aromatic carbocycles. The molecule has 0 saturated carbocycles. The molecule has 2 atom stereocenters. The number of hydrogen-bond acceptors (Lipinski definition) is 6. The Labute approximate surface area is 154 Å². The lowest BCUT2D eigenvalue weighted by molar-refractivity contribution is 0.218. The number of thiazole rings is 1. The fraction of sp³-hybridized carbons (Fsp3) is 0.333. The van der Waals surface area contributed by atoms with Crippen LogP contribution in [0.5, 0.6) is 10.9 Å². The molecule has 0 spiro atoms. The fourth-order valence-electron chi connectivity index (χ4n) is 3.66. The maximum Gasteiger partial charge on any atom is 0.281 e. The van der Waals surface area contributed by atoms with Gasteiger partial charge >= 0.3 is 0 Å². The monoisotopic (exact) mass is 372 g/mol. The van der Waals surface area contributed by atoms with Gasteiger partial charge in [-0.25, -0.2) is 4.98 Å². The molecule has 2 aromatic heterocycles. The molecule has 0 aliphatic carbocycles. The number of nitrogens with one attached hydrogen (secondary N) is 1. The zero-order chi connectivity index (χ0) is 16.8. The number of ether oxygens (including phenoxy) is 1. The maximum atomic E-state index is 5.97. The van der Waals surface area contributed by atoms with Gasteiger partial charge in [0.15, 0.2) is 5.65 Å². The van der Waals surface area contributed by atoms with E-state index in [0.717, 1.165) is 30.1 Å². The second-order valence-electron chi connectivity index (χ2n) is 6.63. The van der Waals surface area contributed by atoms with Gasteiger partial charge in [-0.2, -0.15) is 4.98 Å². The number of fused-ring (bicyclic) bond motifs is 3. The zero-order valence-electron chi connectivity index (χ0n) is 13.5. The van der Waals surface area contributed by atoms with Crippen LogP contribution in [0.4, 0.5) is 0 Å². The number of rotatable bonds is 4. The lowest BCUT2D eigenvalue weighted by atomic mass is 10.2. The van der Waals surface area contributed by atoms with Crippen molar-refractivity contribution in [2.75, 3.05) is 13.1 Å². The van der Waals surface area contributed by atoms with Crippen LogP contribution in [0.2, 0.25) is 5.02 Å². The van der Waals surface area contributed by atoms with E-state index in [-0.39, 0.29) is 0 Å². The van der Waals surface area contributed by atoms with Gasteiger partial charge in [0.25, 0.3) is 5.19 Å². The number of hydrogen-bond donors (Lipinski definition) is 1. The summed E-state index contributed by atoms with van der Waals surface area (Å²) in [4.78, 5) is 11.2. The van der Waals surface area contributed by atoms with Crippen LogP contribution >= 0.6 is 22.9 Å². The lowest BCUT2D eigenvalue weighted by Gasteiger charge is -2.27. The standard InChI is InChI=1S/C18H17ClN4OS/c19-12-5-16-17(21-7-12)22-18(25-16)24-15-3-1-11(2-4-15)9-23-10-13-6-14(23)8-20-13/h1-5,7,13-14,20H,6,8-10H2/t13-,14-/m0/s1. The minimum Gasteiger partial charge on any atom is -0.431 e. The van der Waals surface area contributed by atoms with Crippen LogP contribution in [0, 0.1) is 0 Å². The predicted molar refractivity (Wildman–Crippen MR) is 99.5 cm³/mol. The van der Waals surface area contributed by atoms with Crippen LogP contribution in [-0.4, -0.2) is 40.0 Å². The summed E-state index contributed by atoms with van der Waals surface area (Å²) in [6.07, 6.45) is 2.89. The molecule has 7 heteroatoms. The highest BCUT2D eigenvalue weighted by molar-refractivity contribution is 7.20. The third-order valence-corrected chi connectivity index (χ3v) is 5.95. The molecule has 1 N–H and O–H groups in total. The molecule has 5 nitrogen and oxygen atoms in total. The van der Waals surface area contributed by atoms with E-state index in [1.54, 1.807) is 6.20 Å². The molecule has 2 aliphatic heterocycles. The molecule has 25 heavy (non-hydrogen) atoms. The Balaban J connectivity index is 1.28. The van der Waals surface area contributed by atoms with Gasteiger partial charge in [-0.05, 0) is 30.2 Å². The second-order valence-corrected chi connectivity index (χ2v) is 8.05. The first kappa shape index (κ1) is 15.5. The van der Waals surface area contributed by atoms with E-state index in [1.807, 2.05) is 18.2 Å². The van der Waals surface area contributed by atoms with E-state index in [0.29, 0.717) is 27.9 Å². The van der Waals surface area contributed by atoms with E-state index in [1.165, 1.54) is 23.3 Å². The second kappa shape index (κ2) is 6.21. The van der Waals surface area contributed by atoms with Crippen LogP contribution in [0.25, 0.3) is 10.3 Å². The first-order valence-corrected chi connectivity index (χ1v) is 9.59. The van der Waals surface area contributed by atoms with Gasteiger partial charge in [-0.15, -0.1) is 0 Å². The zero-order valence-corrected chi connectivity index (χ0v) is 15.1. The molecular formula is C18H17ClN4OS. The van der Waals surface area contributed by atoms with Crippen LogP contribution < -0.4 is 10.1 Å². The Morgan fingerprint density at radius 1 is 1.32 bits per heavy atom. The van der Waals surface area contributed by atoms with Crippen molar-refractivity contribution in [3.05, 3.63) is 47.1 Å². The summed E-state index contributed by atoms with van der Waals surface area (Å²) >= 11 is 7.42. The number of likely N-dealkylation sites (tertiary alicyclic amines) is 1. The SMILES string of the molecule is Clc1cnc2nc(Oc3ccc(CN4C[C@@H]5C[C@H]4CN5)cc3)sc2c1. The highest BCUT2D eigenvalue weighted by Crippen LogP contribution is 2.32. The van der Waals surface area contributed by atoms with Crippen molar-refractivity contribution in [1.82, 2.24) is 20.2 Å². The van der Waals surface area contributed by atoms with E-state index < -0.39 is 0 Å². The van der Waals surface area contributed by atoms with Gasteiger partial charge < -0.3 is 10.1 Å². The summed E-state index contributed by atoms with van der Waals surface area (Å²) in [7, 11) is 0. The molecule has 0 radical (unpaired) electrons. The molecular weight excluding hydrogens is 356 g/mol. The van der Waals surface area contributed by atoms with Crippen molar-refractivity contribution in [3.63, 3.8) is 0 Å². The summed E-state index contributed by atoms with van der Waals surface area (Å²) in [6.45, 7) is 3.29. The van der Waals surface area contributed by atoms with Gasteiger partial charge in [0.05, 0.1) is 9.72 Å². The minimum absolute atomic E-state index is 0.584. The molecule has 2 aliphatic rings. The number of benzene rings is 1. The summed E-state index contributed by atoms with van der Waals surface area (Å²) < 4.78 is 6.81. The van der Waals surface area contributed by atoms with Gasteiger partial charge in [-0.1, -0.05) is 35.1 Å². The van der Waals surface area contributed by atoms with Crippen LogP contribution in [0.3, 0.4) is 0 Å². The summed E-state index contributed by atoms with van der Waals surface area (Å²) in [5, 5.41) is 4.73. The van der Waals surface area contributed by atoms with Gasteiger partial charge in [0.1, 0.15) is 5.75 Å². The molecule has 3 aromatic rings. The average molecular weight is 373 g/mol. The third-order valence-electron chi connectivity index (χ3n) is 4.88. The number of pyridine rings is 1. The molecule has 0 unspecified atom stereocenters. The highest BCUT2D eigenvalue weighted by Gasteiger charge is 2.37. The quantitative estimate of drug-likeness (QED) is 0.757. The van der Waals surface area contributed by atoms with Gasteiger partial charge in [0, 0.05) is 37.9 Å². The maximum absolute atomic E-state index is 5.97. The Bertz CT molecular complexity index is 913. The van der Waals surface area contributed by atoms with Gasteiger partial charge in [-0.3, -0.25) is 4.90 Å². The molecule has 4 heterocycles. The first-order valence-electron chi connectivity index (χ1n) is 8.39. The van der Waals surface area contributed by atoms with Gasteiger partial charge in [0.2, 0.25) is 0 Å². The molecule has 0 amide bonds. The van der Waals surface area contributed by atoms with Crippen LogP contribution in [0.1, 0.15) is 12.0 Å². The smallest absolute Gasteiger partial charge is 0.281 e. The Morgan fingerprint density at radius 3 is 2.96 bits per heavy atom. The van der Waals surface area contributed by atoms with E-state index in [2.05, 4.69) is 32.3 Å². The highest BCUT2D eigenvalue weighted by atomic mass is 35.5. The first-order chi connectivity index (χ1) is 12.2. The van der Waals surface area contributed by atoms with Crippen molar-refractivity contribution in [3.8, 4) is 10.9 Å². The van der Waals surface area contributed by atoms with E-state index in [4.69, 9.17) is 16.3 Å². The fourth-order valence-corrected chi connectivity index (χ4v) is 4.71. The summed E-state index contributed by atoms with van der Waals surface area (Å²) in [5.41, 5.74) is 1.98. The topological polar surface area (TPSA) is 50.3 Å². The van der Waals surface area contributed by atoms with Crippen molar-refractivity contribution in [2.45, 2.75) is 25.0 Å². The van der Waals surface area contributed by atoms with Crippen molar-refractivity contribution in [1.29, 1.82) is 0 Å². The number of aromatic nitrogens is 2. The Morgan fingerprint density at radius 2 is 2.20 bits per heavy atom. The lowest BCUT2D eigenvalue weighted by Crippen LogP contribution is -2.42. The molecule has 2 fully saturated rings. The third kappa shape index (κ3) is 3.11. The average Bonchev–Trinajstić information content (AvgIpc) is 3.31. The molecule has 2 saturated heterocycles. The van der Waals surface area contributed by atoms with E-state index in [9.17, 15) is 0 Å². The van der Waals surface area contributed by atoms with Crippen molar-refractivity contribution >= 4 is 33.3 Å². The largest absolute Gasteiger partial charge is 0.431 e.